The molecule has 1 aliphatic rings. The summed E-state index contributed by atoms with van der Waals surface area (Å²) in [4.78, 5) is 14.7. The number of hydrogen-bond acceptors (Lipinski definition) is 3. The topological polar surface area (TPSA) is 38.7 Å². The number of rotatable bonds is 4. The maximum absolute atomic E-state index is 9.94. The van der Waals surface area contributed by atoms with E-state index < -0.39 is 0 Å². The second-order valence-corrected chi connectivity index (χ2v) is 3.52. The Bertz CT molecular complexity index is 132. The van der Waals surface area contributed by atoms with Crippen molar-refractivity contribution >= 4 is 0 Å². The minimum absolute atomic E-state index is 0.0720. The molecule has 1 aliphatic carbocycles. The Hall–Kier alpha value is -0.600. The van der Waals surface area contributed by atoms with E-state index in [0.717, 1.165) is 6.42 Å². The van der Waals surface area contributed by atoms with Crippen LogP contribution in [0.15, 0.2) is 5.34 Å². The van der Waals surface area contributed by atoms with Gasteiger partial charge in [-0.3, -0.25) is 0 Å². The Morgan fingerprint density at radius 1 is 1.42 bits per heavy atom. The lowest BCUT2D eigenvalue weighted by atomic mass is 9.84. The molecule has 1 atom stereocenters. The van der Waals surface area contributed by atoms with Gasteiger partial charge in [-0.15, -0.1) is 4.91 Å². The molecular weight excluding hydrogens is 154 g/mol. The summed E-state index contributed by atoms with van der Waals surface area (Å²) in [5.74, 6) is 0.571. The molecule has 0 amide bonds. The van der Waals surface area contributed by atoms with Crippen LogP contribution < -0.4 is 0 Å². The van der Waals surface area contributed by atoms with E-state index in [1.54, 1.807) is 0 Å². The third-order valence-electron chi connectivity index (χ3n) is 2.76. The molecule has 3 nitrogen and oxygen atoms in total. The summed E-state index contributed by atoms with van der Waals surface area (Å²) in [6.07, 6.45) is 7.27. The first-order chi connectivity index (χ1) is 5.88. The molecule has 1 saturated carbocycles. The first kappa shape index (κ1) is 9.49. The van der Waals surface area contributed by atoms with Crippen LogP contribution in [0.1, 0.15) is 45.4 Å². The molecule has 0 spiro atoms. The van der Waals surface area contributed by atoms with E-state index in [1.807, 2.05) is 6.92 Å². The Morgan fingerprint density at radius 2 is 2.08 bits per heavy atom. The molecule has 0 heterocycles. The molecule has 0 N–H and O–H groups in total. The van der Waals surface area contributed by atoms with Crippen LogP contribution in [0.5, 0.6) is 0 Å². The van der Waals surface area contributed by atoms with E-state index >= 15 is 0 Å². The van der Waals surface area contributed by atoms with E-state index in [1.165, 1.54) is 32.1 Å². The molecular formula is C9H17NO2. The zero-order chi connectivity index (χ0) is 8.81. The zero-order valence-corrected chi connectivity index (χ0v) is 7.66. The van der Waals surface area contributed by atoms with Gasteiger partial charge in [0.15, 0.2) is 5.34 Å². The van der Waals surface area contributed by atoms with Crippen molar-refractivity contribution in [2.45, 2.75) is 51.6 Å². The summed E-state index contributed by atoms with van der Waals surface area (Å²) in [5.41, 5.74) is 0. The first-order valence-corrected chi connectivity index (χ1v) is 4.87. The second kappa shape index (κ2) is 5.12. The van der Waals surface area contributed by atoms with Crippen LogP contribution >= 0.6 is 0 Å². The van der Waals surface area contributed by atoms with E-state index in [4.69, 9.17) is 4.84 Å². The molecule has 70 valence electrons. The SMILES string of the molecule is CCC(ON=O)C1CCCCC1. The lowest BCUT2D eigenvalue weighted by molar-refractivity contribution is -0.00134. The van der Waals surface area contributed by atoms with Gasteiger partial charge in [0.25, 0.3) is 0 Å². The average Bonchev–Trinajstić information content (AvgIpc) is 2.15. The van der Waals surface area contributed by atoms with Crippen LogP contribution in [-0.4, -0.2) is 6.10 Å². The van der Waals surface area contributed by atoms with Gasteiger partial charge in [-0.05, 0) is 25.2 Å². The summed E-state index contributed by atoms with van der Waals surface area (Å²) >= 11 is 0. The molecule has 0 bridgehead atoms. The van der Waals surface area contributed by atoms with Crippen LogP contribution in [-0.2, 0) is 4.84 Å². The Morgan fingerprint density at radius 3 is 2.58 bits per heavy atom. The minimum atomic E-state index is 0.0720. The van der Waals surface area contributed by atoms with Gasteiger partial charge in [0.2, 0.25) is 0 Å². The van der Waals surface area contributed by atoms with Gasteiger partial charge in [0.1, 0.15) is 6.10 Å². The summed E-state index contributed by atoms with van der Waals surface area (Å²) in [6, 6.07) is 0. The van der Waals surface area contributed by atoms with E-state index in [-0.39, 0.29) is 6.10 Å². The van der Waals surface area contributed by atoms with Crippen LogP contribution in [0.25, 0.3) is 0 Å². The van der Waals surface area contributed by atoms with Crippen molar-refractivity contribution in [2.75, 3.05) is 0 Å². The Kier molecular flexibility index (Phi) is 4.05. The average molecular weight is 171 g/mol. The van der Waals surface area contributed by atoms with E-state index in [9.17, 15) is 4.91 Å². The maximum atomic E-state index is 9.94. The highest BCUT2D eigenvalue weighted by Gasteiger charge is 2.23. The summed E-state index contributed by atoms with van der Waals surface area (Å²) in [5, 5.41) is 2.53. The minimum Gasteiger partial charge on any atom is -0.360 e. The second-order valence-electron chi connectivity index (χ2n) is 3.52. The van der Waals surface area contributed by atoms with Crippen LogP contribution in [0, 0.1) is 10.8 Å². The van der Waals surface area contributed by atoms with Gasteiger partial charge in [-0.2, -0.15) is 0 Å². The highest BCUT2D eigenvalue weighted by Crippen LogP contribution is 2.29. The fraction of sp³-hybridized carbons (Fsp3) is 1.00. The van der Waals surface area contributed by atoms with Crippen molar-refractivity contribution in [2.24, 2.45) is 11.3 Å². The summed E-state index contributed by atoms with van der Waals surface area (Å²) in [6.45, 7) is 2.05. The van der Waals surface area contributed by atoms with Crippen LogP contribution in [0.3, 0.4) is 0 Å². The molecule has 1 unspecified atom stereocenters. The van der Waals surface area contributed by atoms with Crippen LogP contribution in [0.4, 0.5) is 0 Å². The standard InChI is InChI=1S/C9H17NO2/c1-2-9(12-10-11)8-6-4-3-5-7-8/h8-9H,2-7H2,1H3. The van der Waals surface area contributed by atoms with Gasteiger partial charge < -0.3 is 4.84 Å². The van der Waals surface area contributed by atoms with Crippen molar-refractivity contribution < 1.29 is 4.84 Å². The van der Waals surface area contributed by atoms with Crippen molar-refractivity contribution in [3.05, 3.63) is 4.91 Å². The molecule has 12 heavy (non-hydrogen) atoms. The fourth-order valence-electron chi connectivity index (χ4n) is 2.06. The maximum Gasteiger partial charge on any atom is 0.155 e. The lowest BCUT2D eigenvalue weighted by Gasteiger charge is -2.26. The predicted molar refractivity (Wildman–Crippen MR) is 47.5 cm³/mol. The van der Waals surface area contributed by atoms with Crippen molar-refractivity contribution in [3.8, 4) is 0 Å². The van der Waals surface area contributed by atoms with E-state index in [0.29, 0.717) is 5.92 Å². The first-order valence-electron chi connectivity index (χ1n) is 4.87. The quantitative estimate of drug-likeness (QED) is 0.481. The van der Waals surface area contributed by atoms with Gasteiger partial charge in [0, 0.05) is 0 Å². The lowest BCUT2D eigenvalue weighted by Crippen LogP contribution is -2.23. The summed E-state index contributed by atoms with van der Waals surface area (Å²) < 4.78 is 0. The molecule has 1 fully saturated rings. The number of hydrogen-bond donors (Lipinski definition) is 0. The molecule has 0 saturated heterocycles. The molecule has 0 radical (unpaired) electrons. The van der Waals surface area contributed by atoms with E-state index in [2.05, 4.69) is 5.34 Å². The smallest absolute Gasteiger partial charge is 0.155 e. The Labute approximate surface area is 73.4 Å². The number of nitrogens with zero attached hydrogens (tertiary/aromatic N) is 1. The Balaban J connectivity index is 2.34. The third kappa shape index (κ3) is 2.47. The molecule has 3 heteroatoms. The van der Waals surface area contributed by atoms with Gasteiger partial charge in [0.05, 0.1) is 0 Å². The highest BCUT2D eigenvalue weighted by atomic mass is 16.7. The van der Waals surface area contributed by atoms with Crippen molar-refractivity contribution in [1.29, 1.82) is 0 Å². The predicted octanol–water partition coefficient (Wildman–Crippen LogP) is 3.04. The highest BCUT2D eigenvalue weighted by molar-refractivity contribution is 4.72. The molecule has 0 aliphatic heterocycles. The summed E-state index contributed by atoms with van der Waals surface area (Å²) in [7, 11) is 0. The zero-order valence-electron chi connectivity index (χ0n) is 7.66. The largest absolute Gasteiger partial charge is 0.360 e. The van der Waals surface area contributed by atoms with Gasteiger partial charge >= 0.3 is 0 Å². The van der Waals surface area contributed by atoms with Crippen molar-refractivity contribution in [1.82, 2.24) is 0 Å². The molecule has 0 aromatic carbocycles. The van der Waals surface area contributed by atoms with Gasteiger partial charge in [-0.1, -0.05) is 26.2 Å². The van der Waals surface area contributed by atoms with Gasteiger partial charge in [-0.25, -0.2) is 0 Å². The molecule has 1 rings (SSSR count). The fourth-order valence-corrected chi connectivity index (χ4v) is 2.06. The third-order valence-corrected chi connectivity index (χ3v) is 2.76. The molecule has 0 aromatic rings. The van der Waals surface area contributed by atoms with Crippen LogP contribution in [0.2, 0.25) is 0 Å². The van der Waals surface area contributed by atoms with Crippen molar-refractivity contribution in [3.63, 3.8) is 0 Å². The monoisotopic (exact) mass is 171 g/mol. The molecule has 0 aromatic heterocycles. The normalized spacial score (nSPS) is 21.8.